The number of nitrogens with zero attached hydrogens (tertiary/aromatic N) is 2. The fourth-order valence-electron chi connectivity index (χ4n) is 4.51. The van der Waals surface area contributed by atoms with Crippen molar-refractivity contribution >= 4 is 39.7 Å². The number of aryl methyl sites for hydroxylation is 1. The molecule has 0 atom stereocenters. The summed E-state index contributed by atoms with van der Waals surface area (Å²) in [6, 6.07) is 13.3. The predicted molar refractivity (Wildman–Crippen MR) is 135 cm³/mol. The third-order valence-corrected chi connectivity index (χ3v) is 7.72. The van der Waals surface area contributed by atoms with Crippen LogP contribution in [0.5, 0.6) is 11.5 Å². The third kappa shape index (κ3) is 4.63. The van der Waals surface area contributed by atoms with E-state index in [2.05, 4.69) is 28.3 Å². The number of likely N-dealkylation sites (tertiary alicyclic amines) is 1. The van der Waals surface area contributed by atoms with Gasteiger partial charge in [0.1, 0.15) is 28.0 Å². The minimum atomic E-state index is 0.0618. The van der Waals surface area contributed by atoms with E-state index in [0.29, 0.717) is 22.4 Å². The van der Waals surface area contributed by atoms with Crippen LogP contribution in [0.15, 0.2) is 48.7 Å². The van der Waals surface area contributed by atoms with Crippen molar-refractivity contribution in [2.45, 2.75) is 32.3 Å². The Hall–Kier alpha value is -3.03. The first-order valence-electron chi connectivity index (χ1n) is 11.3. The summed E-state index contributed by atoms with van der Waals surface area (Å²) < 4.78 is 11.2. The minimum absolute atomic E-state index is 0.0618. The van der Waals surface area contributed by atoms with Gasteiger partial charge >= 0.3 is 0 Å². The van der Waals surface area contributed by atoms with Crippen LogP contribution in [-0.2, 0) is 6.61 Å². The standard InChI is InChI=1S/C26H26ClN3O3S/c1-16-25(34-24(29-16)15-33-19-5-3-18(27)4-6-19)26(31)30-11-9-17(10-12-30)22-14-28-23-8-7-20(32-2)13-21(22)23/h3-8,13-14,17,28H,9-12,15H2,1-2H3. The zero-order valence-corrected chi connectivity index (χ0v) is 20.7. The van der Waals surface area contributed by atoms with E-state index in [4.69, 9.17) is 21.1 Å². The second-order valence-electron chi connectivity index (χ2n) is 8.49. The molecule has 1 aliphatic heterocycles. The van der Waals surface area contributed by atoms with E-state index in [9.17, 15) is 4.79 Å². The Morgan fingerprint density at radius 2 is 1.91 bits per heavy atom. The Kier molecular flexibility index (Phi) is 6.48. The van der Waals surface area contributed by atoms with Crippen LogP contribution in [0, 0.1) is 6.92 Å². The number of benzene rings is 2. The number of H-pyrrole nitrogens is 1. The van der Waals surface area contributed by atoms with Gasteiger partial charge in [0.15, 0.2) is 0 Å². The lowest BCUT2D eigenvalue weighted by molar-refractivity contribution is 0.0717. The molecule has 0 saturated carbocycles. The van der Waals surface area contributed by atoms with Gasteiger partial charge in [-0.2, -0.15) is 0 Å². The molecule has 0 radical (unpaired) electrons. The lowest BCUT2D eigenvalue weighted by atomic mass is 9.89. The maximum atomic E-state index is 13.3. The van der Waals surface area contributed by atoms with Crippen LogP contribution in [0.3, 0.4) is 0 Å². The van der Waals surface area contributed by atoms with Gasteiger partial charge in [-0.1, -0.05) is 11.6 Å². The summed E-state index contributed by atoms with van der Waals surface area (Å²) in [7, 11) is 1.69. The molecule has 1 saturated heterocycles. The fraction of sp³-hybridized carbons (Fsp3) is 0.308. The highest BCUT2D eigenvalue weighted by molar-refractivity contribution is 7.13. The fourth-order valence-corrected chi connectivity index (χ4v) is 5.58. The topological polar surface area (TPSA) is 67.5 Å². The van der Waals surface area contributed by atoms with Crippen LogP contribution in [0.1, 0.15) is 44.7 Å². The highest BCUT2D eigenvalue weighted by Gasteiger charge is 2.28. The van der Waals surface area contributed by atoms with Gasteiger partial charge in [0, 0.05) is 35.2 Å². The maximum Gasteiger partial charge on any atom is 0.265 e. The van der Waals surface area contributed by atoms with Crippen LogP contribution in [0.4, 0.5) is 0 Å². The van der Waals surface area contributed by atoms with Crippen molar-refractivity contribution in [1.82, 2.24) is 14.9 Å². The molecule has 1 aliphatic rings. The molecule has 3 heterocycles. The molecule has 6 nitrogen and oxygen atoms in total. The van der Waals surface area contributed by atoms with Crippen LogP contribution in [-0.4, -0.2) is 41.0 Å². The van der Waals surface area contributed by atoms with Gasteiger partial charge in [-0.05, 0) is 73.7 Å². The van der Waals surface area contributed by atoms with Crippen LogP contribution in [0.2, 0.25) is 5.02 Å². The van der Waals surface area contributed by atoms with Crippen molar-refractivity contribution < 1.29 is 14.3 Å². The molecule has 4 aromatic rings. The molecular weight excluding hydrogens is 470 g/mol. The summed E-state index contributed by atoms with van der Waals surface area (Å²) in [4.78, 5) is 23.8. The number of carbonyl (C=O) groups is 1. The monoisotopic (exact) mass is 495 g/mol. The van der Waals surface area contributed by atoms with Gasteiger partial charge in [0.05, 0.1) is 12.8 Å². The molecule has 2 aromatic heterocycles. The van der Waals surface area contributed by atoms with Gasteiger partial charge < -0.3 is 19.4 Å². The Bertz CT molecular complexity index is 1310. The SMILES string of the molecule is COc1ccc2[nH]cc(C3CCN(C(=O)c4sc(COc5ccc(Cl)cc5)nc4C)CC3)c2c1. The number of hydrogen-bond donors (Lipinski definition) is 1. The number of methoxy groups -OCH3 is 1. The first kappa shape index (κ1) is 22.7. The number of piperidine rings is 1. The molecule has 1 N–H and O–H groups in total. The summed E-state index contributed by atoms with van der Waals surface area (Å²) in [6.45, 7) is 3.68. The highest BCUT2D eigenvalue weighted by atomic mass is 35.5. The lowest BCUT2D eigenvalue weighted by Gasteiger charge is -2.31. The van der Waals surface area contributed by atoms with Crippen LogP contribution in [0.25, 0.3) is 10.9 Å². The number of halogens is 1. The number of thiazole rings is 1. The molecular formula is C26H26ClN3O3S. The normalized spacial score (nSPS) is 14.5. The van der Waals surface area contributed by atoms with Gasteiger partial charge in [-0.3, -0.25) is 4.79 Å². The molecule has 34 heavy (non-hydrogen) atoms. The van der Waals surface area contributed by atoms with Crippen molar-refractivity contribution in [3.63, 3.8) is 0 Å². The average Bonchev–Trinajstić information content (AvgIpc) is 3.46. The largest absolute Gasteiger partial charge is 0.497 e. The Morgan fingerprint density at radius 1 is 1.18 bits per heavy atom. The van der Waals surface area contributed by atoms with E-state index in [1.54, 1.807) is 19.2 Å². The number of carbonyl (C=O) groups excluding carboxylic acids is 1. The molecule has 0 unspecified atom stereocenters. The van der Waals surface area contributed by atoms with Gasteiger partial charge in [-0.15, -0.1) is 11.3 Å². The molecule has 0 spiro atoms. The minimum Gasteiger partial charge on any atom is -0.497 e. The summed E-state index contributed by atoms with van der Waals surface area (Å²) in [5, 5.41) is 2.66. The van der Waals surface area contributed by atoms with Crippen molar-refractivity contribution in [3.8, 4) is 11.5 Å². The smallest absolute Gasteiger partial charge is 0.265 e. The molecule has 5 rings (SSSR count). The molecule has 176 valence electrons. The van der Waals surface area contributed by atoms with E-state index >= 15 is 0 Å². The van der Waals surface area contributed by atoms with Crippen LogP contribution >= 0.6 is 22.9 Å². The molecule has 1 amide bonds. The van der Waals surface area contributed by atoms with Gasteiger partial charge in [0.25, 0.3) is 5.91 Å². The van der Waals surface area contributed by atoms with Gasteiger partial charge in [-0.25, -0.2) is 4.98 Å². The number of aromatic amines is 1. The van der Waals surface area contributed by atoms with Crippen molar-refractivity contribution in [1.29, 1.82) is 0 Å². The second-order valence-corrected chi connectivity index (χ2v) is 10.0. The molecule has 1 fully saturated rings. The van der Waals surface area contributed by atoms with Gasteiger partial charge in [0.2, 0.25) is 0 Å². The average molecular weight is 496 g/mol. The number of hydrogen-bond acceptors (Lipinski definition) is 5. The number of nitrogens with one attached hydrogen (secondary N) is 1. The number of aromatic nitrogens is 2. The summed E-state index contributed by atoms with van der Waals surface area (Å²) >= 11 is 7.34. The Balaban J connectivity index is 1.22. The maximum absolute atomic E-state index is 13.3. The van der Waals surface area contributed by atoms with Crippen molar-refractivity contribution in [2.75, 3.05) is 20.2 Å². The summed E-state index contributed by atoms with van der Waals surface area (Å²) in [5.74, 6) is 2.06. The van der Waals surface area contributed by atoms with E-state index < -0.39 is 0 Å². The van der Waals surface area contributed by atoms with E-state index in [-0.39, 0.29) is 5.91 Å². The molecule has 0 aliphatic carbocycles. The molecule has 0 bridgehead atoms. The first-order chi connectivity index (χ1) is 16.5. The number of ether oxygens (including phenoxy) is 2. The quantitative estimate of drug-likeness (QED) is 0.346. The second kappa shape index (κ2) is 9.68. The number of fused-ring (bicyclic) bond motifs is 1. The predicted octanol–water partition coefficient (Wildman–Crippen LogP) is 6.19. The zero-order valence-electron chi connectivity index (χ0n) is 19.1. The molecule has 8 heteroatoms. The molecule has 2 aromatic carbocycles. The summed E-state index contributed by atoms with van der Waals surface area (Å²) in [6.07, 6.45) is 3.97. The van der Waals surface area contributed by atoms with Crippen LogP contribution < -0.4 is 9.47 Å². The van der Waals surface area contributed by atoms with E-state index in [0.717, 1.165) is 53.6 Å². The number of rotatable bonds is 6. The Labute approximate surface area is 207 Å². The zero-order chi connectivity index (χ0) is 23.7. The van der Waals surface area contributed by atoms with Crippen molar-refractivity contribution in [3.05, 3.63) is 74.8 Å². The highest BCUT2D eigenvalue weighted by Crippen LogP contribution is 2.35. The van der Waals surface area contributed by atoms with E-state index in [1.807, 2.05) is 30.0 Å². The van der Waals surface area contributed by atoms with Crippen molar-refractivity contribution in [2.24, 2.45) is 0 Å². The third-order valence-electron chi connectivity index (χ3n) is 6.35. The van der Waals surface area contributed by atoms with E-state index in [1.165, 1.54) is 22.3 Å². The lowest BCUT2D eigenvalue weighted by Crippen LogP contribution is -2.37. The summed E-state index contributed by atoms with van der Waals surface area (Å²) in [5.41, 5.74) is 3.18. The Morgan fingerprint density at radius 3 is 2.65 bits per heavy atom. The first-order valence-corrected chi connectivity index (χ1v) is 12.5. The number of amides is 1.